The highest BCUT2D eigenvalue weighted by atomic mass is 32.2. The van der Waals surface area contributed by atoms with Crippen LogP contribution in [0.15, 0.2) is 53.4 Å². The number of benzene rings is 2. The summed E-state index contributed by atoms with van der Waals surface area (Å²) in [5.41, 5.74) is 3.57. The standard InChI is InChI=1S/C17H15NOS/c1-18-14-8-4-2-6-11(14)13-10-20-15-9-5-3-7-12(15)16(13)17(18)19/h2-9,13,16H,10H2,1H3/t13-,16-/m0/s1. The normalized spacial score (nSPS) is 23.9. The second kappa shape index (κ2) is 4.38. The molecule has 0 N–H and O–H groups in total. The summed E-state index contributed by atoms with van der Waals surface area (Å²) in [4.78, 5) is 15.9. The van der Waals surface area contributed by atoms with Crippen molar-refractivity contribution in [2.24, 2.45) is 0 Å². The molecule has 20 heavy (non-hydrogen) atoms. The Morgan fingerprint density at radius 1 is 1.05 bits per heavy atom. The lowest BCUT2D eigenvalue weighted by Crippen LogP contribution is -2.41. The highest BCUT2D eigenvalue weighted by molar-refractivity contribution is 7.99. The zero-order valence-corrected chi connectivity index (χ0v) is 12.1. The van der Waals surface area contributed by atoms with Crippen molar-refractivity contribution in [1.82, 2.24) is 0 Å². The van der Waals surface area contributed by atoms with Gasteiger partial charge in [0.2, 0.25) is 5.91 Å². The molecule has 0 saturated carbocycles. The number of hydrogen-bond acceptors (Lipinski definition) is 2. The van der Waals surface area contributed by atoms with E-state index in [2.05, 4.69) is 36.4 Å². The average molecular weight is 281 g/mol. The van der Waals surface area contributed by atoms with E-state index in [-0.39, 0.29) is 11.8 Å². The Kier molecular flexibility index (Phi) is 2.64. The number of carbonyl (C=O) groups is 1. The summed E-state index contributed by atoms with van der Waals surface area (Å²) in [6, 6.07) is 16.6. The van der Waals surface area contributed by atoms with E-state index < -0.39 is 0 Å². The van der Waals surface area contributed by atoms with Crippen LogP contribution in [0.4, 0.5) is 5.69 Å². The summed E-state index contributed by atoms with van der Waals surface area (Å²) in [5, 5.41) is 0. The first kappa shape index (κ1) is 12.0. The van der Waals surface area contributed by atoms with Gasteiger partial charge in [0.25, 0.3) is 0 Å². The molecule has 0 fully saturated rings. The van der Waals surface area contributed by atoms with Gasteiger partial charge >= 0.3 is 0 Å². The molecule has 0 unspecified atom stereocenters. The van der Waals surface area contributed by atoms with Crippen molar-refractivity contribution >= 4 is 23.4 Å². The third-order valence-electron chi connectivity index (χ3n) is 4.37. The first-order valence-electron chi connectivity index (χ1n) is 6.85. The topological polar surface area (TPSA) is 20.3 Å². The first-order valence-corrected chi connectivity index (χ1v) is 7.84. The quantitative estimate of drug-likeness (QED) is 0.735. The molecule has 2 aliphatic heterocycles. The first-order chi connectivity index (χ1) is 9.77. The summed E-state index contributed by atoms with van der Waals surface area (Å²) in [5.74, 6) is 1.49. The largest absolute Gasteiger partial charge is 0.315 e. The number of amides is 1. The van der Waals surface area contributed by atoms with Crippen molar-refractivity contribution in [2.45, 2.75) is 16.7 Å². The summed E-state index contributed by atoms with van der Waals surface area (Å²) >= 11 is 1.87. The molecule has 0 bridgehead atoms. The summed E-state index contributed by atoms with van der Waals surface area (Å²) in [6.07, 6.45) is 0. The van der Waals surface area contributed by atoms with E-state index in [1.54, 1.807) is 0 Å². The maximum absolute atomic E-state index is 12.8. The molecular formula is C17H15NOS. The van der Waals surface area contributed by atoms with Crippen molar-refractivity contribution in [3.63, 3.8) is 0 Å². The van der Waals surface area contributed by atoms with Crippen LogP contribution in [0.3, 0.4) is 0 Å². The smallest absolute Gasteiger partial charge is 0.234 e. The van der Waals surface area contributed by atoms with Crippen LogP contribution in [-0.2, 0) is 4.79 Å². The van der Waals surface area contributed by atoms with E-state index in [1.165, 1.54) is 16.0 Å². The molecule has 0 aromatic heterocycles. The number of hydrogen-bond donors (Lipinski definition) is 0. The number of nitrogens with zero attached hydrogens (tertiary/aromatic N) is 1. The van der Waals surface area contributed by atoms with Crippen LogP contribution < -0.4 is 4.90 Å². The maximum Gasteiger partial charge on any atom is 0.234 e. The fourth-order valence-electron chi connectivity index (χ4n) is 3.37. The molecule has 2 atom stereocenters. The van der Waals surface area contributed by atoms with Crippen molar-refractivity contribution < 1.29 is 4.79 Å². The number of likely N-dealkylation sites (N-methyl/N-ethyl adjacent to an activating group) is 1. The fourth-order valence-corrected chi connectivity index (χ4v) is 4.64. The lowest BCUT2D eigenvalue weighted by Gasteiger charge is -2.41. The molecule has 3 heteroatoms. The third-order valence-corrected chi connectivity index (χ3v) is 5.58. The Labute approximate surface area is 122 Å². The Morgan fingerprint density at radius 2 is 1.75 bits per heavy atom. The molecule has 0 saturated heterocycles. The molecule has 2 nitrogen and oxygen atoms in total. The number of para-hydroxylation sites is 1. The van der Waals surface area contributed by atoms with Gasteiger partial charge in [-0.25, -0.2) is 0 Å². The van der Waals surface area contributed by atoms with Gasteiger partial charge < -0.3 is 4.90 Å². The summed E-state index contributed by atoms with van der Waals surface area (Å²) in [6.45, 7) is 0. The van der Waals surface area contributed by atoms with Crippen LogP contribution in [0.1, 0.15) is 23.0 Å². The predicted molar refractivity (Wildman–Crippen MR) is 82.5 cm³/mol. The van der Waals surface area contributed by atoms with Gasteiger partial charge in [-0.2, -0.15) is 0 Å². The summed E-state index contributed by atoms with van der Waals surface area (Å²) < 4.78 is 0. The van der Waals surface area contributed by atoms with Crippen molar-refractivity contribution in [3.05, 3.63) is 59.7 Å². The zero-order valence-electron chi connectivity index (χ0n) is 11.2. The SMILES string of the molecule is CN1C(=O)[C@H]2c3ccccc3SC[C@H]2c2ccccc21. The number of rotatable bonds is 0. The van der Waals surface area contributed by atoms with Gasteiger partial charge in [0, 0.05) is 29.3 Å². The highest BCUT2D eigenvalue weighted by Crippen LogP contribution is 2.51. The van der Waals surface area contributed by atoms with Crippen LogP contribution in [-0.4, -0.2) is 18.7 Å². The molecule has 0 spiro atoms. The van der Waals surface area contributed by atoms with Crippen LogP contribution in [0.2, 0.25) is 0 Å². The number of anilines is 1. The van der Waals surface area contributed by atoms with Gasteiger partial charge in [0.15, 0.2) is 0 Å². The molecular weight excluding hydrogens is 266 g/mol. The summed E-state index contributed by atoms with van der Waals surface area (Å²) in [7, 11) is 1.89. The van der Waals surface area contributed by atoms with Crippen molar-refractivity contribution in [1.29, 1.82) is 0 Å². The average Bonchev–Trinajstić information content (AvgIpc) is 2.51. The predicted octanol–water partition coefficient (Wildman–Crippen LogP) is 3.64. The lowest BCUT2D eigenvalue weighted by atomic mass is 9.77. The van der Waals surface area contributed by atoms with E-state index in [4.69, 9.17) is 0 Å². The molecule has 4 rings (SSSR count). The number of carbonyl (C=O) groups excluding carboxylic acids is 1. The minimum atomic E-state index is -0.0210. The zero-order chi connectivity index (χ0) is 13.7. The minimum Gasteiger partial charge on any atom is -0.315 e. The lowest BCUT2D eigenvalue weighted by molar-refractivity contribution is -0.120. The molecule has 100 valence electrons. The van der Waals surface area contributed by atoms with Crippen molar-refractivity contribution in [2.75, 3.05) is 17.7 Å². The van der Waals surface area contributed by atoms with Crippen LogP contribution >= 0.6 is 11.8 Å². The van der Waals surface area contributed by atoms with Crippen LogP contribution in [0.25, 0.3) is 0 Å². The molecule has 1 amide bonds. The third kappa shape index (κ3) is 1.56. The highest BCUT2D eigenvalue weighted by Gasteiger charge is 2.42. The number of fused-ring (bicyclic) bond motifs is 5. The van der Waals surface area contributed by atoms with Gasteiger partial charge in [0.1, 0.15) is 0 Å². The van der Waals surface area contributed by atoms with Gasteiger partial charge in [-0.15, -0.1) is 11.8 Å². The molecule has 0 radical (unpaired) electrons. The minimum absolute atomic E-state index is 0.0210. The molecule has 2 heterocycles. The van der Waals surface area contributed by atoms with Gasteiger partial charge in [-0.1, -0.05) is 36.4 Å². The second-order valence-electron chi connectivity index (χ2n) is 5.39. The van der Waals surface area contributed by atoms with E-state index in [9.17, 15) is 4.79 Å². The number of thioether (sulfide) groups is 1. The fraction of sp³-hybridized carbons (Fsp3) is 0.235. The molecule has 2 aliphatic rings. The molecule has 2 aromatic rings. The van der Waals surface area contributed by atoms with Crippen LogP contribution in [0, 0.1) is 0 Å². The van der Waals surface area contributed by atoms with Gasteiger partial charge in [0.05, 0.1) is 5.92 Å². The Morgan fingerprint density at radius 3 is 2.60 bits per heavy atom. The van der Waals surface area contributed by atoms with Crippen molar-refractivity contribution in [3.8, 4) is 0 Å². The molecule has 0 aliphatic carbocycles. The van der Waals surface area contributed by atoms with Gasteiger partial charge in [-0.05, 0) is 23.3 Å². The monoisotopic (exact) mass is 281 g/mol. The second-order valence-corrected chi connectivity index (χ2v) is 6.45. The maximum atomic E-state index is 12.8. The van der Waals surface area contributed by atoms with E-state index in [0.717, 1.165) is 11.4 Å². The van der Waals surface area contributed by atoms with E-state index in [1.807, 2.05) is 35.8 Å². The van der Waals surface area contributed by atoms with E-state index in [0.29, 0.717) is 5.92 Å². The van der Waals surface area contributed by atoms with Crippen LogP contribution in [0.5, 0.6) is 0 Å². The Hall–Kier alpha value is -1.74. The van der Waals surface area contributed by atoms with Gasteiger partial charge in [-0.3, -0.25) is 4.79 Å². The Balaban J connectivity index is 1.92. The Bertz CT molecular complexity index is 697. The molecule has 2 aromatic carbocycles. The van der Waals surface area contributed by atoms with E-state index >= 15 is 0 Å².